The van der Waals surface area contributed by atoms with Crippen molar-refractivity contribution in [2.45, 2.75) is 25.9 Å². The maximum atomic E-state index is 6.09. The molecule has 2 atom stereocenters. The van der Waals surface area contributed by atoms with Crippen LogP contribution in [0.5, 0.6) is 0 Å². The number of pyridine rings is 1. The van der Waals surface area contributed by atoms with Crippen molar-refractivity contribution in [3.63, 3.8) is 0 Å². The number of hydrogen-bond donors (Lipinski definition) is 1. The number of likely N-dealkylation sites (tertiary alicyclic amines) is 1. The van der Waals surface area contributed by atoms with Crippen LogP contribution in [0.2, 0.25) is 5.02 Å². The number of hydrogen-bond acceptors (Lipinski definition) is 3. The molecule has 2 unspecified atom stereocenters. The molecule has 1 aromatic heterocycles. The van der Waals surface area contributed by atoms with Gasteiger partial charge in [-0.15, -0.1) is 24.8 Å². The molecule has 0 aliphatic carbocycles. The van der Waals surface area contributed by atoms with Gasteiger partial charge in [0.2, 0.25) is 0 Å². The summed E-state index contributed by atoms with van der Waals surface area (Å²) in [5.74, 6) is 0.626. The third kappa shape index (κ3) is 4.56. The quantitative estimate of drug-likeness (QED) is 0.933. The van der Waals surface area contributed by atoms with Gasteiger partial charge in [-0.25, -0.2) is 0 Å². The van der Waals surface area contributed by atoms with Gasteiger partial charge in [0, 0.05) is 31.5 Å². The number of rotatable bonds is 3. The van der Waals surface area contributed by atoms with E-state index in [1.54, 1.807) is 12.4 Å². The van der Waals surface area contributed by atoms with Crippen LogP contribution in [0.25, 0.3) is 0 Å². The molecule has 104 valence electrons. The Labute approximate surface area is 126 Å². The Morgan fingerprint density at radius 2 is 2.28 bits per heavy atom. The highest BCUT2D eigenvalue weighted by molar-refractivity contribution is 6.31. The molecule has 0 spiro atoms. The van der Waals surface area contributed by atoms with E-state index in [0.29, 0.717) is 5.92 Å². The van der Waals surface area contributed by atoms with E-state index in [2.05, 4.69) is 16.8 Å². The van der Waals surface area contributed by atoms with Crippen LogP contribution >= 0.6 is 36.4 Å². The van der Waals surface area contributed by atoms with Gasteiger partial charge in [0.15, 0.2) is 0 Å². The second-order valence-corrected chi connectivity index (χ2v) is 5.02. The Bertz CT molecular complexity index is 360. The zero-order valence-corrected chi connectivity index (χ0v) is 12.8. The normalized spacial score (nSPS) is 20.9. The zero-order valence-electron chi connectivity index (χ0n) is 10.4. The summed E-state index contributed by atoms with van der Waals surface area (Å²) in [6.45, 7) is 5.19. The summed E-state index contributed by atoms with van der Waals surface area (Å²) >= 11 is 6.09. The molecule has 0 bridgehead atoms. The third-order valence-electron chi connectivity index (χ3n) is 3.30. The molecular weight excluding hydrogens is 293 g/mol. The van der Waals surface area contributed by atoms with Crippen molar-refractivity contribution in [1.29, 1.82) is 0 Å². The summed E-state index contributed by atoms with van der Waals surface area (Å²) in [5.41, 5.74) is 7.08. The highest BCUT2D eigenvalue weighted by Crippen LogP contribution is 2.22. The molecule has 1 saturated heterocycles. The Morgan fingerprint density at radius 1 is 1.56 bits per heavy atom. The average Bonchev–Trinajstić information content (AvgIpc) is 2.70. The van der Waals surface area contributed by atoms with Crippen molar-refractivity contribution in [3.8, 4) is 0 Å². The molecule has 6 heteroatoms. The van der Waals surface area contributed by atoms with Crippen molar-refractivity contribution in [3.05, 3.63) is 29.0 Å². The predicted octanol–water partition coefficient (Wildman–Crippen LogP) is 2.75. The van der Waals surface area contributed by atoms with Crippen LogP contribution in [0.4, 0.5) is 0 Å². The number of nitrogens with two attached hydrogens (primary N) is 1. The van der Waals surface area contributed by atoms with E-state index >= 15 is 0 Å². The fourth-order valence-corrected chi connectivity index (χ4v) is 2.39. The van der Waals surface area contributed by atoms with Crippen molar-refractivity contribution in [1.82, 2.24) is 9.88 Å². The second kappa shape index (κ2) is 8.18. The van der Waals surface area contributed by atoms with Gasteiger partial charge in [0.25, 0.3) is 0 Å². The van der Waals surface area contributed by atoms with Gasteiger partial charge in [-0.05, 0) is 37.4 Å². The molecule has 1 aromatic rings. The lowest BCUT2D eigenvalue weighted by Gasteiger charge is -2.18. The summed E-state index contributed by atoms with van der Waals surface area (Å²) in [4.78, 5) is 6.40. The van der Waals surface area contributed by atoms with E-state index in [1.807, 2.05) is 6.07 Å². The zero-order chi connectivity index (χ0) is 11.5. The van der Waals surface area contributed by atoms with Gasteiger partial charge in [-0.1, -0.05) is 11.6 Å². The lowest BCUT2D eigenvalue weighted by molar-refractivity contribution is 0.308. The molecule has 2 rings (SSSR count). The monoisotopic (exact) mass is 311 g/mol. The van der Waals surface area contributed by atoms with Gasteiger partial charge in [0.1, 0.15) is 0 Å². The van der Waals surface area contributed by atoms with Gasteiger partial charge in [-0.3, -0.25) is 9.88 Å². The molecule has 3 nitrogen and oxygen atoms in total. The lowest BCUT2D eigenvalue weighted by atomic mass is 10.0. The highest BCUT2D eigenvalue weighted by atomic mass is 35.5. The number of aromatic nitrogens is 1. The minimum Gasteiger partial charge on any atom is -0.328 e. The van der Waals surface area contributed by atoms with Crippen molar-refractivity contribution >= 4 is 36.4 Å². The van der Waals surface area contributed by atoms with Crippen LogP contribution in [0.3, 0.4) is 0 Å². The summed E-state index contributed by atoms with van der Waals surface area (Å²) in [6, 6.07) is 2.28. The second-order valence-electron chi connectivity index (χ2n) is 4.61. The van der Waals surface area contributed by atoms with E-state index in [9.17, 15) is 0 Å². The fraction of sp³-hybridized carbons (Fsp3) is 0.583. The summed E-state index contributed by atoms with van der Waals surface area (Å²) in [5, 5.41) is 0.756. The van der Waals surface area contributed by atoms with Gasteiger partial charge < -0.3 is 5.73 Å². The smallest absolute Gasteiger partial charge is 0.0634 e. The maximum Gasteiger partial charge on any atom is 0.0634 e. The molecule has 18 heavy (non-hydrogen) atoms. The topological polar surface area (TPSA) is 42.1 Å². The SMILES string of the molecule is CC(N)C1CCN(Cc2ccncc2Cl)C1.Cl.Cl. The first kappa shape index (κ1) is 17.9. The van der Waals surface area contributed by atoms with E-state index in [1.165, 1.54) is 6.42 Å². The maximum absolute atomic E-state index is 6.09. The molecule has 0 saturated carbocycles. The summed E-state index contributed by atoms with van der Waals surface area (Å²) in [6.07, 6.45) is 4.69. The average molecular weight is 313 g/mol. The molecule has 0 amide bonds. The molecule has 2 heterocycles. The molecular formula is C12H20Cl3N3. The van der Waals surface area contributed by atoms with Crippen LogP contribution < -0.4 is 5.73 Å². The Balaban J connectivity index is 0.00000144. The van der Waals surface area contributed by atoms with Crippen LogP contribution in [0.1, 0.15) is 18.9 Å². The minimum absolute atomic E-state index is 0. The van der Waals surface area contributed by atoms with Crippen LogP contribution in [0.15, 0.2) is 18.5 Å². The Kier molecular flexibility index (Phi) is 8.15. The van der Waals surface area contributed by atoms with Crippen LogP contribution in [0, 0.1) is 5.92 Å². The van der Waals surface area contributed by atoms with Crippen LogP contribution in [-0.4, -0.2) is 29.0 Å². The fourth-order valence-electron chi connectivity index (χ4n) is 2.21. The van der Waals surface area contributed by atoms with Gasteiger partial charge in [-0.2, -0.15) is 0 Å². The van der Waals surface area contributed by atoms with Gasteiger partial charge >= 0.3 is 0 Å². The largest absolute Gasteiger partial charge is 0.328 e. The van der Waals surface area contributed by atoms with E-state index < -0.39 is 0 Å². The summed E-state index contributed by atoms with van der Waals surface area (Å²) in [7, 11) is 0. The summed E-state index contributed by atoms with van der Waals surface area (Å²) < 4.78 is 0. The third-order valence-corrected chi connectivity index (χ3v) is 3.64. The standard InChI is InChI=1S/C12H18ClN3.2ClH/c1-9(14)10-3-5-16(7-10)8-11-2-4-15-6-12(11)13;;/h2,4,6,9-10H,3,5,7-8,14H2,1H3;2*1H. The molecule has 1 aliphatic heterocycles. The Hall–Kier alpha value is -0.0600. The first-order chi connectivity index (χ1) is 7.66. The molecule has 1 fully saturated rings. The highest BCUT2D eigenvalue weighted by Gasteiger charge is 2.25. The first-order valence-electron chi connectivity index (χ1n) is 5.73. The first-order valence-corrected chi connectivity index (χ1v) is 6.11. The van der Waals surface area contributed by atoms with Crippen molar-refractivity contribution in [2.24, 2.45) is 11.7 Å². The van der Waals surface area contributed by atoms with E-state index in [4.69, 9.17) is 17.3 Å². The minimum atomic E-state index is 0. The molecule has 1 aliphatic rings. The lowest BCUT2D eigenvalue weighted by Crippen LogP contribution is -2.29. The Morgan fingerprint density at radius 3 is 2.83 bits per heavy atom. The molecule has 0 radical (unpaired) electrons. The van der Waals surface area contributed by atoms with Gasteiger partial charge in [0.05, 0.1) is 5.02 Å². The molecule has 0 aromatic carbocycles. The predicted molar refractivity (Wildman–Crippen MR) is 80.8 cm³/mol. The van der Waals surface area contributed by atoms with Crippen molar-refractivity contribution < 1.29 is 0 Å². The van der Waals surface area contributed by atoms with E-state index in [-0.39, 0.29) is 30.9 Å². The molecule has 2 N–H and O–H groups in total. The number of halogens is 3. The van der Waals surface area contributed by atoms with Crippen molar-refractivity contribution in [2.75, 3.05) is 13.1 Å². The van der Waals surface area contributed by atoms with E-state index in [0.717, 1.165) is 30.2 Å². The number of nitrogens with zero attached hydrogens (tertiary/aromatic N) is 2. The van der Waals surface area contributed by atoms with Crippen LogP contribution in [-0.2, 0) is 6.54 Å².